The highest BCUT2D eigenvalue weighted by atomic mass is 32.2. The van der Waals surface area contributed by atoms with Crippen LogP contribution in [0.2, 0.25) is 0 Å². The molecule has 0 unspecified atom stereocenters. The fraction of sp³-hybridized carbons (Fsp3) is 0.714. The van der Waals surface area contributed by atoms with Crippen molar-refractivity contribution in [3.63, 3.8) is 0 Å². The van der Waals surface area contributed by atoms with Crippen LogP contribution in [-0.4, -0.2) is 29.2 Å². The summed E-state index contributed by atoms with van der Waals surface area (Å²) in [5, 5.41) is 7.16. The third-order valence-electron chi connectivity index (χ3n) is 1.85. The predicted octanol–water partition coefficient (Wildman–Crippen LogP) is 0.0639. The fourth-order valence-corrected chi connectivity index (χ4v) is 1.90. The fourth-order valence-electron chi connectivity index (χ4n) is 1.04. The van der Waals surface area contributed by atoms with Gasteiger partial charge >= 0.3 is 0 Å². The van der Waals surface area contributed by atoms with Crippen LogP contribution in [0.3, 0.4) is 0 Å². The Morgan fingerprint density at radius 1 is 1.43 bits per heavy atom. The number of nitrogens with two attached hydrogens (primary N) is 1. The second kappa shape index (κ2) is 3.95. The van der Waals surface area contributed by atoms with Crippen LogP contribution in [0.15, 0.2) is 5.03 Å². The van der Waals surface area contributed by atoms with Gasteiger partial charge in [0.05, 0.1) is 5.75 Å². The van der Waals surface area contributed by atoms with Crippen molar-refractivity contribution in [2.75, 3.05) is 11.5 Å². The van der Waals surface area contributed by atoms with Gasteiger partial charge in [0, 0.05) is 6.54 Å². The van der Waals surface area contributed by atoms with Gasteiger partial charge in [-0.2, -0.15) is 0 Å². The minimum Gasteiger partial charge on any atom is -0.381 e. The average Bonchev–Trinajstić information content (AvgIpc) is 2.50. The lowest BCUT2D eigenvalue weighted by Gasteiger charge is -2.00. The number of nitrogens with zero attached hydrogens (tertiary/aromatic N) is 3. The number of hydrogen-bond donors (Lipinski definition) is 1. The monoisotopic (exact) mass is 218 g/mol. The molecule has 1 heterocycles. The van der Waals surface area contributed by atoms with Crippen LogP contribution in [0.25, 0.3) is 0 Å². The van der Waals surface area contributed by atoms with Gasteiger partial charge in [0.2, 0.25) is 14.9 Å². The highest BCUT2D eigenvalue weighted by Crippen LogP contribution is 2.15. The molecular formula is C7H14N4O2S. The molecule has 1 aromatic heterocycles. The van der Waals surface area contributed by atoms with Crippen molar-refractivity contribution >= 4 is 15.7 Å². The number of sulfone groups is 1. The van der Waals surface area contributed by atoms with E-state index in [9.17, 15) is 8.42 Å². The molecule has 0 bridgehead atoms. The smallest absolute Gasteiger partial charge is 0.220 e. The molecule has 0 fully saturated rings. The molecule has 14 heavy (non-hydrogen) atoms. The van der Waals surface area contributed by atoms with Crippen LogP contribution in [0.4, 0.5) is 5.82 Å². The van der Waals surface area contributed by atoms with Gasteiger partial charge in [0.25, 0.3) is 0 Å². The van der Waals surface area contributed by atoms with Crippen LogP contribution in [0.1, 0.15) is 20.3 Å². The van der Waals surface area contributed by atoms with E-state index in [2.05, 4.69) is 10.3 Å². The standard InChI is InChI=1S/C7H14N4O2S/c1-3-5-11-6(8)7(9-10-11)14(12,13)4-2/h3-5,8H2,1-2H3. The lowest BCUT2D eigenvalue weighted by molar-refractivity contribution is 0.583. The van der Waals surface area contributed by atoms with Crippen molar-refractivity contribution in [1.29, 1.82) is 0 Å². The van der Waals surface area contributed by atoms with E-state index in [1.165, 1.54) is 4.68 Å². The summed E-state index contributed by atoms with van der Waals surface area (Å²) in [5.41, 5.74) is 5.61. The molecule has 1 aromatic rings. The van der Waals surface area contributed by atoms with Gasteiger partial charge in [-0.05, 0) is 6.42 Å². The third kappa shape index (κ3) is 1.87. The molecule has 0 atom stereocenters. The zero-order valence-electron chi connectivity index (χ0n) is 8.27. The van der Waals surface area contributed by atoms with E-state index >= 15 is 0 Å². The van der Waals surface area contributed by atoms with Crippen LogP contribution in [-0.2, 0) is 16.4 Å². The first-order valence-corrected chi connectivity index (χ1v) is 6.09. The molecule has 0 radical (unpaired) electrons. The van der Waals surface area contributed by atoms with E-state index in [0.717, 1.165) is 6.42 Å². The maximum atomic E-state index is 11.4. The van der Waals surface area contributed by atoms with E-state index in [-0.39, 0.29) is 16.6 Å². The van der Waals surface area contributed by atoms with Crippen molar-refractivity contribution < 1.29 is 8.42 Å². The Labute approximate surface area is 83.0 Å². The average molecular weight is 218 g/mol. The quantitative estimate of drug-likeness (QED) is 0.771. The topological polar surface area (TPSA) is 90.9 Å². The molecule has 0 aliphatic heterocycles. The van der Waals surface area contributed by atoms with E-state index in [1.807, 2.05) is 6.92 Å². The van der Waals surface area contributed by atoms with Crippen molar-refractivity contribution in [1.82, 2.24) is 15.0 Å². The maximum absolute atomic E-state index is 11.4. The highest BCUT2D eigenvalue weighted by Gasteiger charge is 2.21. The molecule has 80 valence electrons. The minimum absolute atomic E-state index is 0.0119. The Morgan fingerprint density at radius 3 is 2.57 bits per heavy atom. The number of nitrogen functional groups attached to an aromatic ring is 1. The van der Waals surface area contributed by atoms with Gasteiger partial charge in [0.15, 0.2) is 5.82 Å². The van der Waals surface area contributed by atoms with E-state index < -0.39 is 9.84 Å². The van der Waals surface area contributed by atoms with Gasteiger partial charge in [-0.25, -0.2) is 13.1 Å². The molecule has 2 N–H and O–H groups in total. The molecule has 1 rings (SSSR count). The summed E-state index contributed by atoms with van der Waals surface area (Å²) in [6, 6.07) is 0. The second-order valence-electron chi connectivity index (χ2n) is 2.91. The first-order chi connectivity index (χ1) is 6.53. The van der Waals surface area contributed by atoms with Gasteiger partial charge in [-0.15, -0.1) is 5.10 Å². The van der Waals surface area contributed by atoms with E-state index in [0.29, 0.717) is 6.54 Å². The number of rotatable bonds is 4. The SMILES string of the molecule is CCCn1nnc(S(=O)(=O)CC)c1N. The van der Waals surface area contributed by atoms with Gasteiger partial charge in [-0.3, -0.25) is 0 Å². The summed E-state index contributed by atoms with van der Waals surface area (Å²) in [5.74, 6) is 0.121. The molecule has 6 nitrogen and oxygen atoms in total. The van der Waals surface area contributed by atoms with Crippen molar-refractivity contribution in [3.8, 4) is 0 Å². The highest BCUT2D eigenvalue weighted by molar-refractivity contribution is 7.91. The summed E-state index contributed by atoms with van der Waals surface area (Å²) < 4.78 is 24.3. The predicted molar refractivity (Wildman–Crippen MR) is 52.5 cm³/mol. The molecule has 7 heteroatoms. The lowest BCUT2D eigenvalue weighted by Crippen LogP contribution is -2.09. The van der Waals surface area contributed by atoms with Crippen LogP contribution < -0.4 is 5.73 Å². The Kier molecular flexibility index (Phi) is 3.10. The third-order valence-corrected chi connectivity index (χ3v) is 3.49. The van der Waals surface area contributed by atoms with Gasteiger partial charge < -0.3 is 5.73 Å². The summed E-state index contributed by atoms with van der Waals surface area (Å²) in [6.07, 6.45) is 0.833. The van der Waals surface area contributed by atoms with E-state index in [4.69, 9.17) is 5.73 Å². The summed E-state index contributed by atoms with van der Waals surface area (Å²) in [7, 11) is -3.35. The maximum Gasteiger partial charge on any atom is 0.220 e. The molecule has 0 saturated heterocycles. The first-order valence-electron chi connectivity index (χ1n) is 4.44. The first kappa shape index (κ1) is 11.0. The Bertz CT molecular complexity index is 409. The second-order valence-corrected chi connectivity index (χ2v) is 5.10. The Balaban J connectivity index is 3.13. The number of hydrogen-bond acceptors (Lipinski definition) is 5. The molecule has 0 aliphatic carbocycles. The molecular weight excluding hydrogens is 204 g/mol. The molecule has 0 amide bonds. The summed E-state index contributed by atoms with van der Waals surface area (Å²) in [4.78, 5) is 0. The minimum atomic E-state index is -3.35. The van der Waals surface area contributed by atoms with Crippen molar-refractivity contribution in [2.24, 2.45) is 0 Å². The zero-order chi connectivity index (χ0) is 10.8. The van der Waals surface area contributed by atoms with Crippen molar-refractivity contribution in [2.45, 2.75) is 31.8 Å². The normalized spacial score (nSPS) is 11.9. The molecule has 0 aliphatic rings. The number of aromatic nitrogens is 3. The Hall–Kier alpha value is -1.11. The Morgan fingerprint density at radius 2 is 2.07 bits per heavy atom. The van der Waals surface area contributed by atoms with E-state index in [1.54, 1.807) is 6.92 Å². The molecule has 0 spiro atoms. The van der Waals surface area contributed by atoms with Crippen molar-refractivity contribution in [3.05, 3.63) is 0 Å². The zero-order valence-corrected chi connectivity index (χ0v) is 9.08. The molecule has 0 saturated carbocycles. The summed E-state index contributed by atoms with van der Waals surface area (Å²) >= 11 is 0. The van der Waals surface area contributed by atoms with Gasteiger partial charge in [0.1, 0.15) is 0 Å². The van der Waals surface area contributed by atoms with Crippen LogP contribution in [0, 0.1) is 0 Å². The number of anilines is 1. The number of aryl methyl sites for hydroxylation is 1. The largest absolute Gasteiger partial charge is 0.381 e. The van der Waals surface area contributed by atoms with Crippen LogP contribution in [0.5, 0.6) is 0 Å². The van der Waals surface area contributed by atoms with Crippen LogP contribution >= 0.6 is 0 Å². The molecule has 0 aromatic carbocycles. The lowest BCUT2D eigenvalue weighted by atomic mass is 10.5. The van der Waals surface area contributed by atoms with Gasteiger partial charge in [-0.1, -0.05) is 19.1 Å². The summed E-state index contributed by atoms with van der Waals surface area (Å²) in [6.45, 7) is 4.08.